The first kappa shape index (κ1) is 19.9. The number of hydrogen-bond donors (Lipinski definition) is 2. The van der Waals surface area contributed by atoms with E-state index in [1.54, 1.807) is 18.2 Å². The van der Waals surface area contributed by atoms with Gasteiger partial charge in [0.2, 0.25) is 0 Å². The predicted octanol–water partition coefficient (Wildman–Crippen LogP) is 4.78. The molecule has 0 radical (unpaired) electrons. The first-order valence-electron chi connectivity index (χ1n) is 9.56. The van der Waals surface area contributed by atoms with Crippen LogP contribution in [0.1, 0.15) is 45.5 Å². The van der Waals surface area contributed by atoms with Crippen LogP contribution in [0, 0.1) is 25.7 Å². The molecule has 0 bridgehead atoms. The van der Waals surface area contributed by atoms with Crippen molar-refractivity contribution in [3.05, 3.63) is 70.3 Å². The second-order valence-electron chi connectivity index (χ2n) is 7.75. The molecule has 2 N–H and O–H groups in total. The third-order valence-corrected chi connectivity index (χ3v) is 6.59. The van der Waals surface area contributed by atoms with Crippen molar-refractivity contribution in [3.63, 3.8) is 0 Å². The largest absolute Gasteiger partial charge is 0.478 e. The van der Waals surface area contributed by atoms with Crippen molar-refractivity contribution in [2.24, 2.45) is 11.8 Å². The molecule has 1 aliphatic carbocycles. The van der Waals surface area contributed by atoms with Crippen LogP contribution in [-0.2, 0) is 12.8 Å². The summed E-state index contributed by atoms with van der Waals surface area (Å²) in [4.78, 5) is 11.2. The van der Waals surface area contributed by atoms with Crippen molar-refractivity contribution in [2.45, 2.75) is 51.0 Å². The zero-order valence-electron chi connectivity index (χ0n) is 15.9. The standard InChI is InChI=1S/C23H27ClO3/c1-14-5-3-7-17(15(14)2)9-10-19-20(22(25)13-21(19)24)12-16-6-4-8-18(11-16)23(26)27/h3-8,11,19-22,25H,9-10,12-13H2,1-2H3,(H,26,27)/t19-,20-,21?,22?/m1/s1. The van der Waals surface area contributed by atoms with E-state index in [4.69, 9.17) is 11.6 Å². The minimum Gasteiger partial charge on any atom is -0.478 e. The lowest BCUT2D eigenvalue weighted by atomic mass is 9.84. The smallest absolute Gasteiger partial charge is 0.335 e. The van der Waals surface area contributed by atoms with E-state index in [1.807, 2.05) is 6.07 Å². The summed E-state index contributed by atoms with van der Waals surface area (Å²) in [6, 6.07) is 13.4. The molecule has 2 aromatic rings. The fourth-order valence-electron chi connectivity index (χ4n) is 4.32. The molecule has 3 nitrogen and oxygen atoms in total. The fourth-order valence-corrected chi connectivity index (χ4v) is 4.82. The number of carboxylic acids is 1. The average Bonchev–Trinajstić information content (AvgIpc) is 2.89. The van der Waals surface area contributed by atoms with Gasteiger partial charge in [0.1, 0.15) is 0 Å². The van der Waals surface area contributed by atoms with Gasteiger partial charge >= 0.3 is 5.97 Å². The van der Waals surface area contributed by atoms with Gasteiger partial charge in [-0.2, -0.15) is 0 Å². The summed E-state index contributed by atoms with van der Waals surface area (Å²) < 4.78 is 0. The van der Waals surface area contributed by atoms with Gasteiger partial charge in [-0.3, -0.25) is 0 Å². The Hall–Kier alpha value is -1.84. The van der Waals surface area contributed by atoms with Gasteiger partial charge in [0, 0.05) is 5.38 Å². The Morgan fingerprint density at radius 1 is 1.15 bits per heavy atom. The van der Waals surface area contributed by atoms with Crippen molar-refractivity contribution in [3.8, 4) is 0 Å². The van der Waals surface area contributed by atoms with E-state index in [2.05, 4.69) is 32.0 Å². The Morgan fingerprint density at radius 2 is 1.89 bits per heavy atom. The number of rotatable bonds is 6. The highest BCUT2D eigenvalue weighted by Gasteiger charge is 2.41. The molecule has 4 heteroatoms. The molecular formula is C23H27ClO3. The molecule has 144 valence electrons. The van der Waals surface area contributed by atoms with Gasteiger partial charge in [0.05, 0.1) is 11.7 Å². The summed E-state index contributed by atoms with van der Waals surface area (Å²) in [5.74, 6) is -0.651. The van der Waals surface area contributed by atoms with Gasteiger partial charge in [-0.15, -0.1) is 11.6 Å². The van der Waals surface area contributed by atoms with Crippen LogP contribution in [0.25, 0.3) is 0 Å². The van der Waals surface area contributed by atoms with Crippen LogP contribution in [0.5, 0.6) is 0 Å². The van der Waals surface area contributed by atoms with Gasteiger partial charge < -0.3 is 10.2 Å². The monoisotopic (exact) mass is 386 g/mol. The summed E-state index contributed by atoms with van der Waals surface area (Å²) >= 11 is 6.60. The number of alkyl halides is 1. The molecule has 4 atom stereocenters. The van der Waals surface area contributed by atoms with Gasteiger partial charge in [0.25, 0.3) is 0 Å². The van der Waals surface area contributed by atoms with E-state index in [1.165, 1.54) is 16.7 Å². The lowest BCUT2D eigenvalue weighted by Crippen LogP contribution is -2.24. The maximum atomic E-state index is 11.2. The maximum absolute atomic E-state index is 11.2. The number of aliphatic hydroxyl groups is 1. The number of carboxylic acid groups (broad SMARTS) is 1. The van der Waals surface area contributed by atoms with Crippen LogP contribution >= 0.6 is 11.6 Å². The molecular weight excluding hydrogens is 360 g/mol. The fraction of sp³-hybridized carbons (Fsp3) is 0.435. The predicted molar refractivity (Wildman–Crippen MR) is 109 cm³/mol. The van der Waals surface area contributed by atoms with Crippen molar-refractivity contribution >= 4 is 17.6 Å². The molecule has 0 aliphatic heterocycles. The Kier molecular flexibility index (Phi) is 6.23. The number of carbonyl (C=O) groups is 1. The molecule has 1 saturated carbocycles. The highest BCUT2D eigenvalue weighted by atomic mass is 35.5. The third kappa shape index (κ3) is 4.53. The first-order valence-corrected chi connectivity index (χ1v) is 10.00. The Bertz CT molecular complexity index is 817. The molecule has 0 aromatic heterocycles. The molecule has 2 aromatic carbocycles. The number of hydrogen-bond acceptors (Lipinski definition) is 2. The van der Waals surface area contributed by atoms with Gasteiger partial charge in [-0.1, -0.05) is 30.3 Å². The van der Waals surface area contributed by atoms with Crippen molar-refractivity contribution < 1.29 is 15.0 Å². The average molecular weight is 387 g/mol. The summed E-state index contributed by atoms with van der Waals surface area (Å²) in [5.41, 5.74) is 5.19. The van der Waals surface area contributed by atoms with Crippen LogP contribution < -0.4 is 0 Å². The maximum Gasteiger partial charge on any atom is 0.335 e. The molecule has 0 saturated heterocycles. The van der Waals surface area contributed by atoms with Gasteiger partial charge in [-0.25, -0.2) is 4.79 Å². The van der Waals surface area contributed by atoms with Gasteiger partial charge in [-0.05, 0) is 85.8 Å². The highest BCUT2D eigenvalue weighted by Crippen LogP contribution is 2.41. The van der Waals surface area contributed by atoms with E-state index >= 15 is 0 Å². The number of aromatic carboxylic acids is 1. The molecule has 1 fully saturated rings. The molecule has 3 rings (SSSR count). The zero-order valence-corrected chi connectivity index (χ0v) is 16.6. The lowest BCUT2D eigenvalue weighted by Gasteiger charge is -2.24. The van der Waals surface area contributed by atoms with Crippen molar-refractivity contribution in [2.75, 3.05) is 0 Å². The molecule has 2 unspecified atom stereocenters. The van der Waals surface area contributed by atoms with Crippen LogP contribution in [-0.4, -0.2) is 27.7 Å². The van der Waals surface area contributed by atoms with E-state index in [0.717, 1.165) is 18.4 Å². The third-order valence-electron chi connectivity index (χ3n) is 6.08. The minimum absolute atomic E-state index is 0.0437. The highest BCUT2D eigenvalue weighted by molar-refractivity contribution is 6.21. The van der Waals surface area contributed by atoms with Crippen LogP contribution in [0.3, 0.4) is 0 Å². The molecule has 0 amide bonds. The van der Waals surface area contributed by atoms with E-state index in [-0.39, 0.29) is 22.8 Å². The second kappa shape index (κ2) is 8.45. The lowest BCUT2D eigenvalue weighted by molar-refractivity contribution is 0.0696. The summed E-state index contributed by atoms with van der Waals surface area (Å²) in [6.07, 6.45) is 2.69. The number of benzene rings is 2. The normalized spacial score (nSPS) is 24.9. The summed E-state index contributed by atoms with van der Waals surface area (Å²) in [6.45, 7) is 4.28. The molecule has 0 spiro atoms. The second-order valence-corrected chi connectivity index (χ2v) is 8.31. The van der Waals surface area contributed by atoms with Crippen molar-refractivity contribution in [1.82, 2.24) is 0 Å². The first-order chi connectivity index (χ1) is 12.9. The quantitative estimate of drug-likeness (QED) is 0.702. The minimum atomic E-state index is -0.925. The zero-order chi connectivity index (χ0) is 19.6. The SMILES string of the molecule is Cc1cccc(CC[C@H]2C(Cl)CC(O)[C@@H]2Cc2cccc(C(=O)O)c2)c1C. The number of halogens is 1. The number of aliphatic hydroxyl groups excluding tert-OH is 1. The molecule has 1 aliphatic rings. The van der Waals surface area contributed by atoms with Gasteiger partial charge in [0.15, 0.2) is 0 Å². The van der Waals surface area contributed by atoms with Crippen LogP contribution in [0.2, 0.25) is 0 Å². The summed E-state index contributed by atoms with van der Waals surface area (Å²) in [5, 5.41) is 19.7. The van der Waals surface area contributed by atoms with E-state index in [0.29, 0.717) is 12.8 Å². The van der Waals surface area contributed by atoms with E-state index < -0.39 is 12.1 Å². The molecule has 27 heavy (non-hydrogen) atoms. The topological polar surface area (TPSA) is 57.5 Å². The van der Waals surface area contributed by atoms with E-state index in [9.17, 15) is 15.0 Å². The van der Waals surface area contributed by atoms with Crippen LogP contribution in [0.15, 0.2) is 42.5 Å². The Morgan fingerprint density at radius 3 is 2.63 bits per heavy atom. The Balaban J connectivity index is 1.74. The van der Waals surface area contributed by atoms with Crippen LogP contribution in [0.4, 0.5) is 0 Å². The summed E-state index contributed by atoms with van der Waals surface area (Å²) in [7, 11) is 0. The number of aryl methyl sites for hydroxylation is 2. The van der Waals surface area contributed by atoms with Crippen molar-refractivity contribution in [1.29, 1.82) is 0 Å². The molecule has 0 heterocycles. The Labute approximate surface area is 166 Å².